The van der Waals surface area contributed by atoms with Gasteiger partial charge >= 0.3 is 0 Å². The van der Waals surface area contributed by atoms with Gasteiger partial charge in [-0.1, -0.05) is 42.0 Å². The number of hydrogen-bond donors (Lipinski definition) is 1. The van der Waals surface area contributed by atoms with Gasteiger partial charge in [0.15, 0.2) is 5.17 Å². The predicted molar refractivity (Wildman–Crippen MR) is 95.0 cm³/mol. The van der Waals surface area contributed by atoms with Crippen LogP contribution in [0.4, 0.5) is 5.69 Å². The molecule has 2 aromatic carbocycles. The molecule has 5 heteroatoms. The number of aryl methyl sites for hydroxylation is 1. The maximum absolute atomic E-state index is 12.1. The number of carbonyl (C=O) groups excluding carboxylic acids is 1. The van der Waals surface area contributed by atoms with Crippen LogP contribution in [0.15, 0.2) is 58.4 Å². The Balaban J connectivity index is 1.84. The molecular weight excluding hydrogens is 308 g/mol. The normalized spacial score (nSPS) is 17.6. The second kappa shape index (κ2) is 6.71. The Morgan fingerprint density at radius 2 is 1.87 bits per heavy atom. The van der Waals surface area contributed by atoms with Gasteiger partial charge in [-0.15, -0.1) is 0 Å². The fourth-order valence-electron chi connectivity index (χ4n) is 2.13. The Bertz CT molecular complexity index is 795. The minimum absolute atomic E-state index is 0.135. The second-order valence-electron chi connectivity index (χ2n) is 5.06. The molecule has 0 aromatic heterocycles. The molecule has 116 valence electrons. The predicted octanol–water partition coefficient (Wildman–Crippen LogP) is 3.90. The first-order valence-corrected chi connectivity index (χ1v) is 7.96. The zero-order chi connectivity index (χ0) is 16.2. The summed E-state index contributed by atoms with van der Waals surface area (Å²) in [6.07, 6.45) is 1.87. The topological polar surface area (TPSA) is 50.7 Å². The molecule has 1 heterocycles. The number of thioether (sulfide) groups is 1. The molecule has 1 saturated heterocycles. The summed E-state index contributed by atoms with van der Waals surface area (Å²) in [7, 11) is 1.60. The number of para-hydroxylation sites is 2. The molecule has 1 aliphatic rings. The van der Waals surface area contributed by atoms with Crippen molar-refractivity contribution >= 4 is 34.6 Å². The molecule has 4 nitrogen and oxygen atoms in total. The first kappa shape index (κ1) is 15.4. The highest BCUT2D eigenvalue weighted by Crippen LogP contribution is 2.31. The van der Waals surface area contributed by atoms with E-state index in [4.69, 9.17) is 4.74 Å². The Hall–Kier alpha value is -2.53. The summed E-state index contributed by atoms with van der Waals surface area (Å²) in [6, 6.07) is 15.5. The van der Waals surface area contributed by atoms with Crippen LogP contribution in [0.5, 0.6) is 5.75 Å². The molecular formula is C18H16N2O2S. The molecule has 0 aliphatic carbocycles. The lowest BCUT2D eigenvalue weighted by Crippen LogP contribution is -2.19. The van der Waals surface area contributed by atoms with Gasteiger partial charge in [0.1, 0.15) is 11.4 Å². The van der Waals surface area contributed by atoms with Gasteiger partial charge in [-0.25, -0.2) is 4.99 Å². The number of methoxy groups -OCH3 is 1. The minimum atomic E-state index is -0.135. The number of rotatable bonds is 3. The Kier molecular flexibility index (Phi) is 4.48. The molecule has 23 heavy (non-hydrogen) atoms. The van der Waals surface area contributed by atoms with E-state index in [0.29, 0.717) is 21.5 Å². The number of benzene rings is 2. The Labute approximate surface area is 139 Å². The lowest BCUT2D eigenvalue weighted by Gasteiger charge is -2.03. The van der Waals surface area contributed by atoms with Crippen molar-refractivity contribution in [1.29, 1.82) is 0 Å². The van der Waals surface area contributed by atoms with E-state index in [2.05, 4.69) is 10.3 Å². The van der Waals surface area contributed by atoms with Crippen LogP contribution in [0.1, 0.15) is 11.1 Å². The van der Waals surface area contributed by atoms with Crippen molar-refractivity contribution in [2.75, 3.05) is 7.11 Å². The summed E-state index contributed by atoms with van der Waals surface area (Å²) in [4.78, 5) is 17.2. The molecule has 0 bridgehead atoms. The van der Waals surface area contributed by atoms with E-state index >= 15 is 0 Å². The zero-order valence-corrected chi connectivity index (χ0v) is 13.7. The highest BCUT2D eigenvalue weighted by molar-refractivity contribution is 8.18. The second-order valence-corrected chi connectivity index (χ2v) is 6.09. The molecule has 3 rings (SSSR count). The summed E-state index contributed by atoms with van der Waals surface area (Å²) < 4.78 is 5.27. The number of amides is 1. The molecule has 1 fully saturated rings. The number of carbonyl (C=O) groups is 1. The standard InChI is InChI=1S/C18H16N2O2S/c1-12-7-9-13(10-8-12)11-16-17(21)20-18(23-16)19-14-5-3-4-6-15(14)22-2/h3-11H,1-2H3,(H,19,20,21)/b16-11-. The molecule has 0 radical (unpaired) electrons. The quantitative estimate of drug-likeness (QED) is 0.871. The summed E-state index contributed by atoms with van der Waals surface area (Å²) in [5.41, 5.74) is 2.87. The van der Waals surface area contributed by atoms with Gasteiger partial charge in [0.25, 0.3) is 5.91 Å². The summed E-state index contributed by atoms with van der Waals surface area (Å²) in [5.74, 6) is 0.537. The van der Waals surface area contributed by atoms with Crippen molar-refractivity contribution in [3.8, 4) is 5.75 Å². The summed E-state index contributed by atoms with van der Waals surface area (Å²) in [6.45, 7) is 2.03. The lowest BCUT2D eigenvalue weighted by atomic mass is 10.1. The SMILES string of the molecule is COc1ccccc1N=C1NC(=O)/C(=C/c2ccc(C)cc2)S1. The van der Waals surface area contributed by atoms with E-state index < -0.39 is 0 Å². The van der Waals surface area contributed by atoms with Crippen LogP contribution in [-0.4, -0.2) is 18.2 Å². The molecule has 2 aromatic rings. The largest absolute Gasteiger partial charge is 0.494 e. The molecule has 0 spiro atoms. The molecule has 1 amide bonds. The van der Waals surface area contributed by atoms with Crippen LogP contribution in [0, 0.1) is 6.92 Å². The molecule has 0 unspecified atom stereocenters. The third-order valence-corrected chi connectivity index (χ3v) is 4.24. The van der Waals surface area contributed by atoms with Crippen molar-refractivity contribution in [1.82, 2.24) is 5.32 Å². The van der Waals surface area contributed by atoms with Crippen LogP contribution < -0.4 is 10.1 Å². The highest BCUT2D eigenvalue weighted by Gasteiger charge is 2.24. The van der Waals surface area contributed by atoms with Gasteiger partial charge in [0.2, 0.25) is 0 Å². The fraction of sp³-hybridized carbons (Fsp3) is 0.111. The van der Waals surface area contributed by atoms with E-state index in [-0.39, 0.29) is 5.91 Å². The maximum Gasteiger partial charge on any atom is 0.264 e. The van der Waals surface area contributed by atoms with E-state index in [0.717, 1.165) is 5.56 Å². The van der Waals surface area contributed by atoms with E-state index in [1.54, 1.807) is 7.11 Å². The third kappa shape index (κ3) is 3.63. The van der Waals surface area contributed by atoms with E-state index in [9.17, 15) is 4.79 Å². The van der Waals surface area contributed by atoms with Crippen LogP contribution in [0.3, 0.4) is 0 Å². The molecule has 1 aliphatic heterocycles. The van der Waals surface area contributed by atoms with Crippen molar-refractivity contribution in [3.05, 3.63) is 64.6 Å². The van der Waals surface area contributed by atoms with E-state index in [1.165, 1.54) is 17.3 Å². The number of hydrogen-bond acceptors (Lipinski definition) is 4. The third-order valence-electron chi connectivity index (χ3n) is 3.33. The monoisotopic (exact) mass is 324 g/mol. The Morgan fingerprint density at radius 3 is 2.61 bits per heavy atom. The zero-order valence-electron chi connectivity index (χ0n) is 12.9. The van der Waals surface area contributed by atoms with Gasteiger partial charge in [-0.2, -0.15) is 0 Å². The number of nitrogens with zero attached hydrogens (tertiary/aromatic N) is 1. The van der Waals surface area contributed by atoms with E-state index in [1.807, 2.05) is 61.5 Å². The molecule has 0 saturated carbocycles. The number of aliphatic imine (C=N–C) groups is 1. The first-order chi connectivity index (χ1) is 11.2. The van der Waals surface area contributed by atoms with Gasteiger partial charge in [-0.05, 0) is 42.5 Å². The molecule has 1 N–H and O–H groups in total. The van der Waals surface area contributed by atoms with Gasteiger partial charge < -0.3 is 10.1 Å². The average molecular weight is 324 g/mol. The van der Waals surface area contributed by atoms with Crippen LogP contribution in [-0.2, 0) is 4.79 Å². The van der Waals surface area contributed by atoms with Crippen LogP contribution in [0.25, 0.3) is 6.08 Å². The van der Waals surface area contributed by atoms with Crippen LogP contribution in [0.2, 0.25) is 0 Å². The fourth-order valence-corrected chi connectivity index (χ4v) is 2.96. The average Bonchev–Trinajstić information content (AvgIpc) is 2.89. The van der Waals surface area contributed by atoms with Gasteiger partial charge in [0.05, 0.1) is 12.0 Å². The minimum Gasteiger partial charge on any atom is -0.494 e. The van der Waals surface area contributed by atoms with Crippen LogP contribution >= 0.6 is 11.8 Å². The maximum atomic E-state index is 12.1. The van der Waals surface area contributed by atoms with Crippen molar-refractivity contribution in [2.45, 2.75) is 6.92 Å². The molecule has 0 atom stereocenters. The van der Waals surface area contributed by atoms with Gasteiger partial charge in [-0.3, -0.25) is 4.79 Å². The number of nitrogens with one attached hydrogen (secondary N) is 1. The first-order valence-electron chi connectivity index (χ1n) is 7.15. The number of ether oxygens (including phenoxy) is 1. The summed E-state index contributed by atoms with van der Waals surface area (Å²) in [5, 5.41) is 3.34. The number of amidine groups is 1. The lowest BCUT2D eigenvalue weighted by molar-refractivity contribution is -0.115. The van der Waals surface area contributed by atoms with Gasteiger partial charge in [0, 0.05) is 0 Å². The highest BCUT2D eigenvalue weighted by atomic mass is 32.2. The summed E-state index contributed by atoms with van der Waals surface area (Å²) >= 11 is 1.33. The van der Waals surface area contributed by atoms with Crippen molar-refractivity contribution in [3.63, 3.8) is 0 Å². The van der Waals surface area contributed by atoms with Crippen molar-refractivity contribution < 1.29 is 9.53 Å². The van der Waals surface area contributed by atoms with Crippen molar-refractivity contribution in [2.24, 2.45) is 4.99 Å². The Morgan fingerprint density at radius 1 is 1.13 bits per heavy atom. The smallest absolute Gasteiger partial charge is 0.264 e.